The van der Waals surface area contributed by atoms with Crippen molar-refractivity contribution >= 4 is 22.5 Å². The van der Waals surface area contributed by atoms with Crippen LogP contribution < -0.4 is 5.32 Å². The van der Waals surface area contributed by atoms with Crippen molar-refractivity contribution in [2.75, 3.05) is 5.32 Å². The zero-order chi connectivity index (χ0) is 13.2. The number of benzene rings is 1. The first-order valence-electron chi connectivity index (χ1n) is 5.90. The van der Waals surface area contributed by atoms with Crippen LogP contribution in [0.15, 0.2) is 42.7 Å². The molecule has 0 radical (unpaired) electrons. The predicted octanol–water partition coefficient (Wildman–Crippen LogP) is 2.52. The van der Waals surface area contributed by atoms with Crippen molar-refractivity contribution in [3.63, 3.8) is 0 Å². The van der Waals surface area contributed by atoms with Crippen molar-refractivity contribution in [3.05, 3.63) is 54.0 Å². The molecule has 5 heteroatoms. The molecule has 0 saturated heterocycles. The maximum atomic E-state index is 12.2. The van der Waals surface area contributed by atoms with Crippen LogP contribution in [0.5, 0.6) is 0 Å². The van der Waals surface area contributed by atoms with Crippen LogP contribution in [0.1, 0.15) is 16.1 Å². The summed E-state index contributed by atoms with van der Waals surface area (Å²) in [7, 11) is 0. The lowest BCUT2D eigenvalue weighted by Gasteiger charge is -2.03. The Morgan fingerprint density at radius 2 is 2.00 bits per heavy atom. The number of anilines is 1. The number of hydrogen-bond donors (Lipinski definition) is 2. The van der Waals surface area contributed by atoms with Crippen LogP contribution in [0.4, 0.5) is 5.69 Å². The van der Waals surface area contributed by atoms with Gasteiger partial charge in [0, 0.05) is 18.1 Å². The summed E-state index contributed by atoms with van der Waals surface area (Å²) >= 11 is 0. The fourth-order valence-corrected chi connectivity index (χ4v) is 1.86. The maximum absolute atomic E-state index is 12.2. The number of fused-ring (bicyclic) bond motifs is 1. The minimum atomic E-state index is -0.247. The molecule has 0 spiro atoms. The highest BCUT2D eigenvalue weighted by atomic mass is 16.1. The maximum Gasteiger partial charge on any atom is 0.276 e. The second-order valence-electron chi connectivity index (χ2n) is 4.31. The zero-order valence-corrected chi connectivity index (χ0v) is 10.3. The van der Waals surface area contributed by atoms with E-state index < -0.39 is 0 Å². The standard InChI is InChI=1S/C14H12N4O/c1-9-2-4-10(5-3-9)16-14(19)13-11-8-15-7-6-12(11)17-18-13/h2-8H,1H3,(H,16,19)(H,17,18). The van der Waals surface area contributed by atoms with Gasteiger partial charge < -0.3 is 5.32 Å². The van der Waals surface area contributed by atoms with Crippen molar-refractivity contribution in [2.24, 2.45) is 0 Å². The van der Waals surface area contributed by atoms with E-state index in [0.717, 1.165) is 16.8 Å². The molecule has 1 amide bonds. The third-order valence-corrected chi connectivity index (χ3v) is 2.89. The van der Waals surface area contributed by atoms with E-state index in [4.69, 9.17) is 0 Å². The van der Waals surface area contributed by atoms with Crippen LogP contribution in [-0.2, 0) is 0 Å². The molecule has 0 unspecified atom stereocenters. The number of carbonyl (C=O) groups is 1. The number of pyridine rings is 1. The normalized spacial score (nSPS) is 10.6. The fourth-order valence-electron chi connectivity index (χ4n) is 1.86. The largest absolute Gasteiger partial charge is 0.321 e. The lowest BCUT2D eigenvalue weighted by atomic mass is 10.2. The molecule has 2 N–H and O–H groups in total. The molecule has 0 aliphatic rings. The van der Waals surface area contributed by atoms with E-state index in [1.54, 1.807) is 18.5 Å². The van der Waals surface area contributed by atoms with Gasteiger partial charge in [0.15, 0.2) is 5.69 Å². The molecule has 94 valence electrons. The molecule has 2 aromatic heterocycles. The third kappa shape index (κ3) is 2.18. The monoisotopic (exact) mass is 252 g/mol. The van der Waals surface area contributed by atoms with E-state index >= 15 is 0 Å². The van der Waals surface area contributed by atoms with E-state index in [9.17, 15) is 4.79 Å². The van der Waals surface area contributed by atoms with Gasteiger partial charge in [-0.3, -0.25) is 14.9 Å². The first kappa shape index (κ1) is 11.4. The molecular formula is C14H12N4O. The molecule has 19 heavy (non-hydrogen) atoms. The number of H-pyrrole nitrogens is 1. The highest BCUT2D eigenvalue weighted by Crippen LogP contribution is 2.16. The van der Waals surface area contributed by atoms with Gasteiger partial charge >= 0.3 is 0 Å². The Balaban J connectivity index is 1.90. The molecule has 3 aromatic rings. The van der Waals surface area contributed by atoms with Gasteiger partial charge in [0.25, 0.3) is 5.91 Å². The predicted molar refractivity (Wildman–Crippen MR) is 73.0 cm³/mol. The van der Waals surface area contributed by atoms with Crippen molar-refractivity contribution in [1.29, 1.82) is 0 Å². The van der Waals surface area contributed by atoms with Gasteiger partial charge in [0.1, 0.15) is 0 Å². The van der Waals surface area contributed by atoms with E-state index in [-0.39, 0.29) is 5.91 Å². The molecule has 0 atom stereocenters. The molecular weight excluding hydrogens is 240 g/mol. The van der Waals surface area contributed by atoms with E-state index in [1.807, 2.05) is 31.2 Å². The van der Waals surface area contributed by atoms with E-state index in [2.05, 4.69) is 20.5 Å². The number of aryl methyl sites for hydroxylation is 1. The van der Waals surface area contributed by atoms with Gasteiger partial charge in [-0.1, -0.05) is 17.7 Å². The summed E-state index contributed by atoms with van der Waals surface area (Å²) in [6.45, 7) is 2.00. The lowest BCUT2D eigenvalue weighted by molar-refractivity contribution is 0.102. The molecule has 2 heterocycles. The minimum Gasteiger partial charge on any atom is -0.321 e. The van der Waals surface area contributed by atoms with Gasteiger partial charge in [-0.15, -0.1) is 0 Å². The summed E-state index contributed by atoms with van der Waals surface area (Å²) in [4.78, 5) is 16.2. The topological polar surface area (TPSA) is 70.7 Å². The molecule has 0 saturated carbocycles. The highest BCUT2D eigenvalue weighted by Gasteiger charge is 2.14. The summed E-state index contributed by atoms with van der Waals surface area (Å²) in [5.41, 5.74) is 3.04. The fraction of sp³-hybridized carbons (Fsp3) is 0.0714. The molecule has 3 rings (SSSR count). The Morgan fingerprint density at radius 1 is 1.21 bits per heavy atom. The van der Waals surface area contributed by atoms with Crippen LogP contribution in [0.3, 0.4) is 0 Å². The zero-order valence-electron chi connectivity index (χ0n) is 10.3. The lowest BCUT2D eigenvalue weighted by Crippen LogP contribution is -2.12. The van der Waals surface area contributed by atoms with Crippen molar-refractivity contribution in [2.45, 2.75) is 6.92 Å². The smallest absolute Gasteiger partial charge is 0.276 e. The summed E-state index contributed by atoms with van der Waals surface area (Å²) in [5.74, 6) is -0.247. The molecule has 0 bridgehead atoms. The van der Waals surface area contributed by atoms with Gasteiger partial charge in [0.2, 0.25) is 0 Å². The number of nitrogens with one attached hydrogen (secondary N) is 2. The minimum absolute atomic E-state index is 0.247. The average Bonchev–Trinajstić information content (AvgIpc) is 2.85. The van der Waals surface area contributed by atoms with E-state index in [0.29, 0.717) is 11.1 Å². The Kier molecular flexibility index (Phi) is 2.72. The molecule has 0 fully saturated rings. The summed E-state index contributed by atoms with van der Waals surface area (Å²) in [6, 6.07) is 9.39. The third-order valence-electron chi connectivity index (χ3n) is 2.89. The first-order chi connectivity index (χ1) is 9.24. The highest BCUT2D eigenvalue weighted by molar-refractivity contribution is 6.10. The molecule has 0 aliphatic heterocycles. The van der Waals surface area contributed by atoms with Crippen molar-refractivity contribution in [3.8, 4) is 0 Å². The molecule has 1 aromatic carbocycles. The number of rotatable bonds is 2. The Labute approximate surface area is 109 Å². The Morgan fingerprint density at radius 3 is 2.79 bits per heavy atom. The second-order valence-corrected chi connectivity index (χ2v) is 4.31. The number of aromatic amines is 1. The second kappa shape index (κ2) is 4.53. The SMILES string of the molecule is Cc1ccc(NC(=O)c2n[nH]c3ccncc23)cc1. The van der Waals surface area contributed by atoms with Crippen LogP contribution >= 0.6 is 0 Å². The molecule has 0 aliphatic carbocycles. The number of aromatic nitrogens is 3. The Bertz CT molecular complexity index is 731. The summed E-state index contributed by atoms with van der Waals surface area (Å²) in [5, 5.41) is 10.4. The van der Waals surface area contributed by atoms with Crippen LogP contribution in [-0.4, -0.2) is 21.1 Å². The van der Waals surface area contributed by atoms with Crippen LogP contribution in [0.25, 0.3) is 10.9 Å². The number of carbonyl (C=O) groups excluding carboxylic acids is 1. The van der Waals surface area contributed by atoms with Gasteiger partial charge in [-0.25, -0.2) is 0 Å². The summed E-state index contributed by atoms with van der Waals surface area (Å²) < 4.78 is 0. The Hall–Kier alpha value is -2.69. The number of amides is 1. The molecule has 5 nitrogen and oxygen atoms in total. The summed E-state index contributed by atoms with van der Waals surface area (Å²) in [6.07, 6.45) is 3.28. The quantitative estimate of drug-likeness (QED) is 0.736. The number of nitrogens with zero attached hydrogens (tertiary/aromatic N) is 2. The number of hydrogen-bond acceptors (Lipinski definition) is 3. The average molecular weight is 252 g/mol. The van der Waals surface area contributed by atoms with Gasteiger partial charge in [-0.05, 0) is 25.1 Å². The van der Waals surface area contributed by atoms with Gasteiger partial charge in [0.05, 0.1) is 10.9 Å². The van der Waals surface area contributed by atoms with E-state index in [1.165, 1.54) is 0 Å². The van der Waals surface area contributed by atoms with Gasteiger partial charge in [-0.2, -0.15) is 5.10 Å². The first-order valence-corrected chi connectivity index (χ1v) is 5.90. The van der Waals surface area contributed by atoms with Crippen molar-refractivity contribution < 1.29 is 4.79 Å². The van der Waals surface area contributed by atoms with Crippen LogP contribution in [0, 0.1) is 6.92 Å². The van der Waals surface area contributed by atoms with Crippen LogP contribution in [0.2, 0.25) is 0 Å². The van der Waals surface area contributed by atoms with Crippen molar-refractivity contribution in [1.82, 2.24) is 15.2 Å².